The van der Waals surface area contributed by atoms with Crippen LogP contribution in [0.15, 0.2) is 11.8 Å². The quantitative estimate of drug-likeness (QED) is 0.769. The van der Waals surface area contributed by atoms with E-state index in [0.29, 0.717) is 12.8 Å². The third-order valence-corrected chi connectivity index (χ3v) is 4.08. The number of rotatable bonds is 3. The highest BCUT2D eigenvalue weighted by Gasteiger charge is 2.47. The largest absolute Gasteiger partial charge is 0.431 e. The van der Waals surface area contributed by atoms with Crippen molar-refractivity contribution in [3.63, 3.8) is 0 Å². The molecule has 1 unspecified atom stereocenters. The minimum absolute atomic E-state index is 0.155. The van der Waals surface area contributed by atoms with Crippen molar-refractivity contribution in [3.05, 3.63) is 11.8 Å². The van der Waals surface area contributed by atoms with E-state index in [-0.39, 0.29) is 17.5 Å². The standard InChI is InChI=1S/C14H22O3/c1-2-6-13(16)17-12-8-7-11(15)14(12)9-4-3-5-10-14/h8,11,15H,2-7,9-10H2,1H3. The van der Waals surface area contributed by atoms with Gasteiger partial charge in [-0.1, -0.05) is 26.2 Å². The maximum Gasteiger partial charge on any atom is 0.310 e. The number of hydrogen-bond donors (Lipinski definition) is 1. The van der Waals surface area contributed by atoms with Crippen molar-refractivity contribution in [3.8, 4) is 0 Å². The zero-order valence-electron chi connectivity index (χ0n) is 10.6. The van der Waals surface area contributed by atoms with Crippen molar-refractivity contribution in [2.24, 2.45) is 5.41 Å². The van der Waals surface area contributed by atoms with Crippen LogP contribution in [0.2, 0.25) is 0 Å². The number of aliphatic hydroxyl groups excluding tert-OH is 1. The molecule has 1 spiro atoms. The fourth-order valence-electron chi connectivity index (χ4n) is 3.10. The van der Waals surface area contributed by atoms with Crippen LogP contribution in [-0.4, -0.2) is 17.2 Å². The van der Waals surface area contributed by atoms with Gasteiger partial charge in [0.1, 0.15) is 5.76 Å². The van der Waals surface area contributed by atoms with Gasteiger partial charge >= 0.3 is 5.97 Å². The number of carbonyl (C=O) groups is 1. The van der Waals surface area contributed by atoms with E-state index in [9.17, 15) is 9.90 Å². The molecule has 1 fully saturated rings. The summed E-state index contributed by atoms with van der Waals surface area (Å²) < 4.78 is 5.48. The van der Waals surface area contributed by atoms with Gasteiger partial charge in [-0.05, 0) is 31.8 Å². The van der Waals surface area contributed by atoms with Crippen LogP contribution < -0.4 is 0 Å². The first-order valence-electron chi connectivity index (χ1n) is 6.78. The average molecular weight is 238 g/mol. The van der Waals surface area contributed by atoms with E-state index in [1.165, 1.54) is 6.42 Å². The molecular formula is C14H22O3. The Morgan fingerprint density at radius 3 is 2.82 bits per heavy atom. The lowest BCUT2D eigenvalue weighted by Gasteiger charge is -2.38. The summed E-state index contributed by atoms with van der Waals surface area (Å²) in [5, 5.41) is 10.2. The lowest BCUT2D eigenvalue weighted by molar-refractivity contribution is -0.142. The van der Waals surface area contributed by atoms with Crippen molar-refractivity contribution in [1.29, 1.82) is 0 Å². The van der Waals surface area contributed by atoms with E-state index in [4.69, 9.17) is 4.74 Å². The van der Waals surface area contributed by atoms with Gasteiger partial charge in [0, 0.05) is 6.42 Å². The summed E-state index contributed by atoms with van der Waals surface area (Å²) in [6.07, 6.45) is 8.86. The first-order chi connectivity index (χ1) is 8.19. The van der Waals surface area contributed by atoms with E-state index in [1.54, 1.807) is 0 Å². The molecule has 2 aliphatic rings. The molecule has 0 amide bonds. The van der Waals surface area contributed by atoms with Gasteiger partial charge < -0.3 is 9.84 Å². The summed E-state index contributed by atoms with van der Waals surface area (Å²) in [4.78, 5) is 11.6. The average Bonchev–Trinajstić information content (AvgIpc) is 2.60. The van der Waals surface area contributed by atoms with Crippen LogP contribution in [0.1, 0.15) is 58.3 Å². The SMILES string of the molecule is CCCC(=O)OC1=CCC(O)C12CCCCC2. The highest BCUT2D eigenvalue weighted by molar-refractivity contribution is 5.70. The predicted molar refractivity (Wildman–Crippen MR) is 65.2 cm³/mol. The molecule has 0 radical (unpaired) electrons. The van der Waals surface area contributed by atoms with Gasteiger partial charge in [0.2, 0.25) is 0 Å². The predicted octanol–water partition coefficient (Wildman–Crippen LogP) is 2.93. The second-order valence-corrected chi connectivity index (χ2v) is 5.26. The molecule has 2 rings (SSSR count). The lowest BCUT2D eigenvalue weighted by atomic mass is 9.71. The Morgan fingerprint density at radius 2 is 2.18 bits per heavy atom. The maximum atomic E-state index is 11.6. The van der Waals surface area contributed by atoms with Crippen molar-refractivity contribution in [2.75, 3.05) is 0 Å². The molecule has 96 valence electrons. The van der Waals surface area contributed by atoms with E-state index in [2.05, 4.69) is 0 Å². The number of esters is 1. The molecule has 1 N–H and O–H groups in total. The van der Waals surface area contributed by atoms with Gasteiger partial charge in [0.05, 0.1) is 11.5 Å². The fourth-order valence-corrected chi connectivity index (χ4v) is 3.10. The van der Waals surface area contributed by atoms with Crippen LogP contribution in [0.3, 0.4) is 0 Å². The van der Waals surface area contributed by atoms with Gasteiger partial charge in [-0.2, -0.15) is 0 Å². The molecule has 0 aliphatic heterocycles. The molecule has 3 nitrogen and oxygen atoms in total. The van der Waals surface area contributed by atoms with E-state index < -0.39 is 0 Å². The molecule has 1 atom stereocenters. The van der Waals surface area contributed by atoms with Crippen molar-refractivity contribution in [2.45, 2.75) is 64.4 Å². The molecule has 0 aromatic carbocycles. The summed E-state index contributed by atoms with van der Waals surface area (Å²) in [7, 11) is 0. The van der Waals surface area contributed by atoms with Crippen LogP contribution in [0.25, 0.3) is 0 Å². The molecule has 0 aromatic rings. The summed E-state index contributed by atoms with van der Waals surface area (Å²) in [5.41, 5.74) is -0.248. The molecule has 1 saturated carbocycles. The molecule has 0 bridgehead atoms. The van der Waals surface area contributed by atoms with E-state index >= 15 is 0 Å². The van der Waals surface area contributed by atoms with E-state index in [0.717, 1.165) is 37.9 Å². The number of hydrogen-bond acceptors (Lipinski definition) is 3. The summed E-state index contributed by atoms with van der Waals surface area (Å²) >= 11 is 0. The maximum absolute atomic E-state index is 11.6. The highest BCUT2D eigenvalue weighted by atomic mass is 16.5. The second-order valence-electron chi connectivity index (χ2n) is 5.26. The Hall–Kier alpha value is -0.830. The minimum atomic E-state index is -0.354. The molecule has 17 heavy (non-hydrogen) atoms. The Kier molecular flexibility index (Phi) is 3.87. The summed E-state index contributed by atoms with van der Waals surface area (Å²) in [5.74, 6) is 0.598. The molecular weight excluding hydrogens is 216 g/mol. The smallest absolute Gasteiger partial charge is 0.310 e. The third-order valence-electron chi connectivity index (χ3n) is 4.08. The van der Waals surface area contributed by atoms with Gasteiger partial charge in [0.15, 0.2) is 0 Å². The van der Waals surface area contributed by atoms with Crippen LogP contribution in [-0.2, 0) is 9.53 Å². The van der Waals surface area contributed by atoms with Crippen LogP contribution in [0.5, 0.6) is 0 Å². The molecule has 0 aromatic heterocycles. The van der Waals surface area contributed by atoms with Gasteiger partial charge in [-0.15, -0.1) is 0 Å². The normalized spacial score (nSPS) is 26.9. The van der Waals surface area contributed by atoms with Crippen LogP contribution in [0, 0.1) is 5.41 Å². The van der Waals surface area contributed by atoms with Gasteiger partial charge in [-0.25, -0.2) is 0 Å². The topological polar surface area (TPSA) is 46.5 Å². The van der Waals surface area contributed by atoms with Crippen LogP contribution >= 0.6 is 0 Å². The minimum Gasteiger partial charge on any atom is -0.431 e. The first-order valence-corrected chi connectivity index (χ1v) is 6.78. The Bertz CT molecular complexity index is 313. The van der Waals surface area contributed by atoms with Crippen LogP contribution in [0.4, 0.5) is 0 Å². The monoisotopic (exact) mass is 238 g/mol. The van der Waals surface area contributed by atoms with Gasteiger partial charge in [-0.3, -0.25) is 4.79 Å². The Balaban J connectivity index is 2.07. The zero-order valence-corrected chi connectivity index (χ0v) is 10.6. The fraction of sp³-hybridized carbons (Fsp3) is 0.786. The summed E-state index contributed by atoms with van der Waals surface area (Å²) in [6, 6.07) is 0. The summed E-state index contributed by atoms with van der Waals surface area (Å²) in [6.45, 7) is 1.97. The number of aliphatic hydroxyl groups is 1. The first kappa shape index (κ1) is 12.6. The third kappa shape index (κ3) is 2.39. The lowest BCUT2D eigenvalue weighted by Crippen LogP contribution is -2.36. The molecule has 3 heteroatoms. The number of ether oxygens (including phenoxy) is 1. The van der Waals surface area contributed by atoms with Crippen molar-refractivity contribution in [1.82, 2.24) is 0 Å². The highest BCUT2D eigenvalue weighted by Crippen LogP contribution is 2.50. The van der Waals surface area contributed by atoms with Crippen molar-refractivity contribution < 1.29 is 14.6 Å². The Labute approximate surface area is 103 Å². The second kappa shape index (κ2) is 5.21. The molecule has 2 aliphatic carbocycles. The van der Waals surface area contributed by atoms with Gasteiger partial charge in [0.25, 0.3) is 0 Å². The van der Waals surface area contributed by atoms with Crippen molar-refractivity contribution >= 4 is 5.97 Å². The zero-order chi connectivity index (χ0) is 12.3. The number of carbonyl (C=O) groups excluding carboxylic acids is 1. The van der Waals surface area contributed by atoms with E-state index in [1.807, 2.05) is 13.0 Å². The molecule has 0 saturated heterocycles. The molecule has 0 heterocycles. The Morgan fingerprint density at radius 1 is 1.47 bits per heavy atom.